The van der Waals surface area contributed by atoms with E-state index in [4.69, 9.17) is 11.6 Å². The zero-order valence-electron chi connectivity index (χ0n) is 11.7. The van der Waals surface area contributed by atoms with E-state index in [9.17, 15) is 0 Å². The third-order valence-electron chi connectivity index (χ3n) is 3.24. The summed E-state index contributed by atoms with van der Waals surface area (Å²) < 4.78 is 1.99. The van der Waals surface area contributed by atoms with Crippen LogP contribution in [0.5, 0.6) is 0 Å². The van der Waals surface area contributed by atoms with Crippen LogP contribution in [0.15, 0.2) is 30.5 Å². The summed E-state index contributed by atoms with van der Waals surface area (Å²) in [6, 6.07) is 8.58. The quantitative estimate of drug-likeness (QED) is 0.906. The second-order valence-corrected chi connectivity index (χ2v) is 5.14. The van der Waals surface area contributed by atoms with Gasteiger partial charge in [0.1, 0.15) is 0 Å². The van der Waals surface area contributed by atoms with Crippen LogP contribution in [0.25, 0.3) is 0 Å². The predicted molar refractivity (Wildman–Crippen MR) is 79.6 cm³/mol. The molecule has 0 radical (unpaired) electrons. The molecule has 0 spiro atoms. The van der Waals surface area contributed by atoms with E-state index in [-0.39, 0.29) is 6.04 Å². The van der Waals surface area contributed by atoms with Gasteiger partial charge in [-0.2, -0.15) is 5.10 Å². The van der Waals surface area contributed by atoms with E-state index in [1.165, 1.54) is 11.1 Å². The largest absolute Gasteiger partial charge is 0.308 e. The van der Waals surface area contributed by atoms with Crippen LogP contribution in [0.1, 0.15) is 36.2 Å². The number of benzene rings is 1. The van der Waals surface area contributed by atoms with Crippen LogP contribution in [0, 0.1) is 6.92 Å². The van der Waals surface area contributed by atoms with Crippen LogP contribution < -0.4 is 5.32 Å². The van der Waals surface area contributed by atoms with Crippen molar-refractivity contribution in [1.29, 1.82) is 0 Å². The van der Waals surface area contributed by atoms with Crippen molar-refractivity contribution in [3.05, 3.63) is 52.3 Å². The molecule has 0 aliphatic heterocycles. The van der Waals surface area contributed by atoms with E-state index >= 15 is 0 Å². The summed E-state index contributed by atoms with van der Waals surface area (Å²) in [6.45, 7) is 5.11. The fourth-order valence-electron chi connectivity index (χ4n) is 2.27. The lowest BCUT2D eigenvalue weighted by atomic mass is 10.0. The van der Waals surface area contributed by atoms with E-state index in [1.807, 2.05) is 11.7 Å². The van der Waals surface area contributed by atoms with Crippen molar-refractivity contribution in [3.8, 4) is 0 Å². The molecule has 4 heteroatoms. The first kappa shape index (κ1) is 14.1. The molecule has 2 aromatic rings. The minimum atomic E-state index is 0.0714. The fraction of sp³-hybridized carbons (Fsp3) is 0.400. The van der Waals surface area contributed by atoms with Crippen LogP contribution in [0.2, 0.25) is 5.02 Å². The highest BCUT2D eigenvalue weighted by molar-refractivity contribution is 6.31. The van der Waals surface area contributed by atoms with Crippen molar-refractivity contribution in [1.82, 2.24) is 15.1 Å². The molecule has 0 fully saturated rings. The first-order valence-electron chi connectivity index (χ1n) is 6.62. The number of aromatic nitrogens is 2. The second-order valence-electron chi connectivity index (χ2n) is 4.73. The van der Waals surface area contributed by atoms with E-state index in [2.05, 4.69) is 48.5 Å². The number of hydrogen-bond acceptors (Lipinski definition) is 2. The van der Waals surface area contributed by atoms with Gasteiger partial charge < -0.3 is 5.32 Å². The van der Waals surface area contributed by atoms with Crippen molar-refractivity contribution in [2.45, 2.75) is 32.9 Å². The van der Waals surface area contributed by atoms with Crippen molar-refractivity contribution in [2.24, 2.45) is 0 Å². The zero-order valence-corrected chi connectivity index (χ0v) is 12.4. The Kier molecular flexibility index (Phi) is 4.61. The normalized spacial score (nSPS) is 12.6. The minimum Gasteiger partial charge on any atom is -0.308 e. The molecule has 0 saturated heterocycles. The van der Waals surface area contributed by atoms with Gasteiger partial charge in [0.05, 0.1) is 23.0 Å². The fourth-order valence-corrected chi connectivity index (χ4v) is 2.52. The molecule has 102 valence electrons. The summed E-state index contributed by atoms with van der Waals surface area (Å²) in [5.41, 5.74) is 3.49. The van der Waals surface area contributed by atoms with Gasteiger partial charge in [-0.15, -0.1) is 0 Å². The number of halogens is 1. The summed E-state index contributed by atoms with van der Waals surface area (Å²) >= 11 is 6.31. The molecule has 2 rings (SSSR count). The molecule has 1 atom stereocenters. The summed E-state index contributed by atoms with van der Waals surface area (Å²) in [5, 5.41) is 8.41. The summed E-state index contributed by atoms with van der Waals surface area (Å²) in [6.07, 6.45) is 2.76. The van der Waals surface area contributed by atoms with E-state index < -0.39 is 0 Å². The van der Waals surface area contributed by atoms with Gasteiger partial charge in [-0.05, 0) is 26.0 Å². The lowest BCUT2D eigenvalue weighted by molar-refractivity contribution is 0.535. The number of aryl methyl sites for hydroxylation is 2. The van der Waals surface area contributed by atoms with Gasteiger partial charge in [-0.1, -0.05) is 48.4 Å². The Balaban J connectivity index is 2.41. The molecule has 0 bridgehead atoms. The van der Waals surface area contributed by atoms with Crippen LogP contribution in [0.4, 0.5) is 0 Å². The van der Waals surface area contributed by atoms with Crippen molar-refractivity contribution >= 4 is 11.6 Å². The van der Waals surface area contributed by atoms with Gasteiger partial charge in [0.15, 0.2) is 0 Å². The van der Waals surface area contributed by atoms with Gasteiger partial charge >= 0.3 is 0 Å². The van der Waals surface area contributed by atoms with Gasteiger partial charge in [-0.3, -0.25) is 4.68 Å². The standard InChI is InChI=1S/C15H20ClN3/c1-4-9-19-15(13(16)10-18-19)14(17-3)12-7-5-11(2)6-8-12/h5-8,10,14,17H,4,9H2,1-3H3. The molecule has 1 unspecified atom stereocenters. The summed E-state index contributed by atoms with van der Waals surface area (Å²) in [7, 11) is 1.95. The Bertz CT molecular complexity index is 531. The molecule has 0 saturated carbocycles. The second kappa shape index (κ2) is 6.22. The first-order valence-corrected chi connectivity index (χ1v) is 7.00. The number of hydrogen-bond donors (Lipinski definition) is 1. The van der Waals surface area contributed by atoms with Crippen molar-refractivity contribution in [2.75, 3.05) is 7.05 Å². The molecule has 3 nitrogen and oxygen atoms in total. The molecule has 0 aliphatic carbocycles. The minimum absolute atomic E-state index is 0.0714. The van der Waals surface area contributed by atoms with Crippen LogP contribution in [-0.2, 0) is 6.54 Å². The molecular weight excluding hydrogens is 258 g/mol. The topological polar surface area (TPSA) is 29.9 Å². The van der Waals surface area contributed by atoms with Crippen molar-refractivity contribution in [3.63, 3.8) is 0 Å². The van der Waals surface area contributed by atoms with Crippen LogP contribution in [0.3, 0.4) is 0 Å². The molecule has 1 aromatic carbocycles. The molecule has 0 amide bonds. The molecule has 19 heavy (non-hydrogen) atoms. The van der Waals surface area contributed by atoms with Gasteiger partial charge in [-0.25, -0.2) is 0 Å². The smallest absolute Gasteiger partial charge is 0.0837 e. The van der Waals surface area contributed by atoms with Crippen LogP contribution >= 0.6 is 11.6 Å². The van der Waals surface area contributed by atoms with E-state index in [0.717, 1.165) is 18.7 Å². The SMILES string of the molecule is CCCn1ncc(Cl)c1C(NC)c1ccc(C)cc1. The Morgan fingerprint density at radius 1 is 1.32 bits per heavy atom. The van der Waals surface area contributed by atoms with E-state index in [0.29, 0.717) is 5.02 Å². The highest BCUT2D eigenvalue weighted by Crippen LogP contribution is 2.28. The average molecular weight is 278 g/mol. The molecule has 1 aromatic heterocycles. The highest BCUT2D eigenvalue weighted by atomic mass is 35.5. The number of nitrogens with zero attached hydrogens (tertiary/aromatic N) is 2. The van der Waals surface area contributed by atoms with Gasteiger partial charge in [0.2, 0.25) is 0 Å². The maximum Gasteiger partial charge on any atom is 0.0837 e. The zero-order chi connectivity index (χ0) is 13.8. The maximum atomic E-state index is 6.31. The molecular formula is C15H20ClN3. The third-order valence-corrected chi connectivity index (χ3v) is 3.53. The number of nitrogens with one attached hydrogen (secondary N) is 1. The Labute approximate surface area is 119 Å². The molecule has 1 N–H and O–H groups in total. The van der Waals surface area contributed by atoms with Gasteiger partial charge in [0.25, 0.3) is 0 Å². The highest BCUT2D eigenvalue weighted by Gasteiger charge is 2.20. The summed E-state index contributed by atoms with van der Waals surface area (Å²) in [4.78, 5) is 0. The lowest BCUT2D eigenvalue weighted by Gasteiger charge is -2.19. The Hall–Kier alpha value is -1.32. The molecule has 1 heterocycles. The monoisotopic (exact) mass is 277 g/mol. The van der Waals surface area contributed by atoms with E-state index in [1.54, 1.807) is 6.20 Å². The maximum absolute atomic E-state index is 6.31. The van der Waals surface area contributed by atoms with Crippen LogP contribution in [-0.4, -0.2) is 16.8 Å². The Morgan fingerprint density at radius 2 is 2.00 bits per heavy atom. The molecule has 0 aliphatic rings. The van der Waals surface area contributed by atoms with Crippen molar-refractivity contribution < 1.29 is 0 Å². The first-order chi connectivity index (χ1) is 9.17. The average Bonchev–Trinajstić information content (AvgIpc) is 2.76. The number of rotatable bonds is 5. The lowest BCUT2D eigenvalue weighted by Crippen LogP contribution is -2.22. The predicted octanol–water partition coefficient (Wildman–Crippen LogP) is 3.56. The van der Waals surface area contributed by atoms with Gasteiger partial charge in [0, 0.05) is 6.54 Å². The summed E-state index contributed by atoms with van der Waals surface area (Å²) in [5.74, 6) is 0. The third kappa shape index (κ3) is 2.99. The Morgan fingerprint density at radius 3 is 2.58 bits per heavy atom.